The van der Waals surface area contributed by atoms with Gasteiger partial charge in [-0.1, -0.05) is 92.2 Å². The average Bonchev–Trinajstić information content (AvgIpc) is 0.800. The number of benzene rings is 5. The van der Waals surface area contributed by atoms with Crippen LogP contribution in [0.2, 0.25) is 5.02 Å². The van der Waals surface area contributed by atoms with Gasteiger partial charge in [-0.25, -0.2) is 9.59 Å². The molecule has 3 fully saturated rings. The number of aromatic nitrogens is 1. The number of ketones is 1. The minimum atomic E-state index is -2.55. The van der Waals surface area contributed by atoms with Crippen LogP contribution >= 0.6 is 11.6 Å². The summed E-state index contributed by atoms with van der Waals surface area (Å²) in [6, 6.07) is 33.9. The van der Waals surface area contributed by atoms with Crippen LogP contribution in [0.25, 0.3) is 10.9 Å². The van der Waals surface area contributed by atoms with Gasteiger partial charge >= 0.3 is 35.8 Å². The maximum Gasteiger partial charge on any atom is 0.350 e. The summed E-state index contributed by atoms with van der Waals surface area (Å²) in [7, 11) is 1.52. The standard InChI is InChI=1S/C74H78ClN3O20/c1-41-54(39-74(90)66(97-69(88)48-24-16-11-17-25-48)64-72(7,55(81)38-56-73(64,40-93-56)98-44(4)80)65(85)62(94-43(3)79)60(41)71(74,5)6)95-70(89)63(61(45-20-12-9-13-21-45)77-67(86)46-22-14-10-15-23-46)96-59(84)33-32-58(83)92-35-19-18-34-76-57(82)37-51-42(2)78(53-31-30-50(91-8)36-52(51)53)68(87)47-26-28-49(75)29-27-47/h9-17,20-31,36,54-56,61-64,66,81,90H,18-19,32-35,37-40H2,1-8H3,(H,76,82)(H,77,86)/t54-,55-,56+,61-,62+,63+,64?,66-,72+,73-,74+/m0/s1. The molecule has 0 spiro atoms. The summed E-state index contributed by atoms with van der Waals surface area (Å²) in [6.07, 6.45) is -12.0. The zero-order chi connectivity index (χ0) is 70.6. The molecule has 6 aromatic rings. The van der Waals surface area contributed by atoms with Crippen LogP contribution in [-0.2, 0) is 73.1 Å². The van der Waals surface area contributed by atoms with Crippen LogP contribution in [-0.4, -0.2) is 149 Å². The van der Waals surface area contributed by atoms with Crippen molar-refractivity contribution in [3.63, 3.8) is 0 Å². The number of hydrogen-bond donors (Lipinski definition) is 4. The van der Waals surface area contributed by atoms with Crippen molar-refractivity contribution in [3.8, 4) is 5.75 Å². The highest BCUT2D eigenvalue weighted by Gasteiger charge is 2.78. The number of nitrogens with one attached hydrogen (secondary N) is 2. The molecule has 0 radical (unpaired) electrons. The lowest BCUT2D eigenvalue weighted by Gasteiger charge is -2.67. The molecule has 1 saturated heterocycles. The molecule has 2 bridgehead atoms. The minimum Gasteiger partial charge on any atom is -0.497 e. The summed E-state index contributed by atoms with van der Waals surface area (Å²) in [5.74, 6) is -9.46. The molecule has 23 nitrogen and oxygen atoms in total. The predicted molar refractivity (Wildman–Crippen MR) is 352 cm³/mol. The van der Waals surface area contributed by atoms with Crippen molar-refractivity contribution in [2.24, 2.45) is 16.7 Å². The van der Waals surface area contributed by atoms with Crippen LogP contribution in [0.5, 0.6) is 5.75 Å². The molecule has 2 saturated carbocycles. The highest BCUT2D eigenvalue weighted by atomic mass is 35.5. The Morgan fingerprint density at radius 3 is 2.03 bits per heavy atom. The number of rotatable bonds is 23. The summed E-state index contributed by atoms with van der Waals surface area (Å²) in [6.45, 7) is 9.53. The Balaban J connectivity index is 0.891. The Bertz CT molecular complexity index is 4100. The van der Waals surface area contributed by atoms with E-state index in [4.69, 9.17) is 49.5 Å². The zero-order valence-electron chi connectivity index (χ0n) is 55.5. The molecule has 24 heteroatoms. The monoisotopic (exact) mass is 1360 g/mol. The van der Waals surface area contributed by atoms with Gasteiger partial charge in [-0.3, -0.25) is 42.9 Å². The third kappa shape index (κ3) is 14.0. The Hall–Kier alpha value is -9.55. The normalized spacial score (nSPS) is 24.3. The van der Waals surface area contributed by atoms with Crippen molar-refractivity contribution < 1.29 is 96.1 Å². The van der Waals surface area contributed by atoms with Gasteiger partial charge in [-0.05, 0) is 123 Å². The molecule has 1 unspecified atom stereocenters. The van der Waals surface area contributed by atoms with Gasteiger partial charge < -0.3 is 58.7 Å². The van der Waals surface area contributed by atoms with Gasteiger partial charge in [0.05, 0.1) is 68.1 Å². The van der Waals surface area contributed by atoms with Gasteiger partial charge in [0.15, 0.2) is 17.5 Å². The van der Waals surface area contributed by atoms with Crippen LogP contribution in [0, 0.1) is 23.7 Å². The van der Waals surface area contributed by atoms with Gasteiger partial charge in [0.1, 0.15) is 35.7 Å². The maximum absolute atomic E-state index is 15.9. The van der Waals surface area contributed by atoms with Gasteiger partial charge in [-0.15, -0.1) is 0 Å². The number of aliphatic hydroxyl groups is 2. The Morgan fingerprint density at radius 2 is 1.41 bits per heavy atom. The number of aliphatic hydroxyl groups excluding tert-OH is 1. The number of carbonyl (C=O) groups is 10. The van der Waals surface area contributed by atoms with E-state index in [9.17, 15) is 48.6 Å². The van der Waals surface area contributed by atoms with Crippen LogP contribution in [0.3, 0.4) is 0 Å². The highest BCUT2D eigenvalue weighted by molar-refractivity contribution is 6.30. The third-order valence-electron chi connectivity index (χ3n) is 19.6. The predicted octanol–water partition coefficient (Wildman–Crippen LogP) is 8.36. The van der Waals surface area contributed by atoms with Gasteiger partial charge in [0.25, 0.3) is 11.8 Å². The number of carbonyl (C=O) groups excluding carboxylic acids is 10. The maximum atomic E-state index is 15.9. The smallest absolute Gasteiger partial charge is 0.350 e. The molecular formula is C74H78ClN3O20. The summed E-state index contributed by atoms with van der Waals surface area (Å²) in [5.41, 5.74) is -5.84. The topological polar surface area (TPSA) is 314 Å². The van der Waals surface area contributed by atoms with E-state index < -0.39 is 137 Å². The van der Waals surface area contributed by atoms with Crippen molar-refractivity contribution in [1.29, 1.82) is 0 Å². The first-order chi connectivity index (χ1) is 46.6. The molecule has 3 aliphatic carbocycles. The zero-order valence-corrected chi connectivity index (χ0v) is 56.2. The molecule has 516 valence electrons. The fourth-order valence-corrected chi connectivity index (χ4v) is 14.5. The molecule has 11 atom stereocenters. The van der Waals surface area contributed by atoms with Gasteiger partial charge in [0, 0.05) is 65.9 Å². The number of esters is 6. The van der Waals surface area contributed by atoms with E-state index in [1.54, 1.807) is 121 Å². The molecule has 4 aliphatic rings. The fraction of sp³-hybridized carbons (Fsp3) is 0.405. The first-order valence-electron chi connectivity index (χ1n) is 32.3. The van der Waals surface area contributed by atoms with E-state index in [1.165, 1.54) is 59.1 Å². The van der Waals surface area contributed by atoms with Crippen molar-refractivity contribution >= 4 is 81.8 Å². The average molecular weight is 1360 g/mol. The Kier molecular flexibility index (Phi) is 21.3. The SMILES string of the molecule is COc1ccc2c(c1)c(CC(=O)NCCCCOC(=O)CCC(=O)O[C@@H](C(=O)O[C@H]1C[C@@]3(O)[C@@H](OC(=O)c4ccccc4)C4[C@](C)(C(=O)[C@H](OC(C)=O)C(=C1C)C3(C)C)[C@@H](O)C[C@H]1OC[C@@]41OC(C)=O)[C@@H](NC(=O)c1ccccc1)c1ccccc1)c(C)n2C(=O)c1ccc(Cl)cc1. The molecule has 2 heterocycles. The summed E-state index contributed by atoms with van der Waals surface area (Å²) in [4.78, 5) is 142. The number of Topliss-reactive ketones (excluding diaryl/α,β-unsaturated/α-hetero) is 1. The van der Waals surface area contributed by atoms with E-state index >= 15 is 9.59 Å². The minimum absolute atomic E-state index is 0.00637. The van der Waals surface area contributed by atoms with Crippen LogP contribution < -0.4 is 15.4 Å². The van der Waals surface area contributed by atoms with Crippen molar-refractivity contribution in [2.45, 2.75) is 147 Å². The number of ether oxygens (including phenoxy) is 8. The number of fused-ring (bicyclic) bond motifs is 6. The largest absolute Gasteiger partial charge is 0.497 e. The number of halogens is 1. The summed E-state index contributed by atoms with van der Waals surface area (Å²) in [5, 5.41) is 33.3. The lowest BCUT2D eigenvalue weighted by molar-refractivity contribution is -0.346. The Labute approximate surface area is 570 Å². The highest BCUT2D eigenvalue weighted by Crippen LogP contribution is 2.64. The van der Waals surface area contributed by atoms with E-state index in [1.807, 2.05) is 0 Å². The Morgan fingerprint density at radius 1 is 0.765 bits per heavy atom. The second kappa shape index (κ2) is 29.3. The molecule has 5 aromatic carbocycles. The van der Waals surface area contributed by atoms with E-state index in [2.05, 4.69) is 10.6 Å². The van der Waals surface area contributed by atoms with Crippen molar-refractivity contribution in [3.05, 3.63) is 183 Å². The number of methoxy groups -OCH3 is 1. The number of nitrogens with zero attached hydrogens (tertiary/aromatic N) is 1. The second-order valence-electron chi connectivity index (χ2n) is 25.9. The number of amides is 2. The molecule has 1 aliphatic heterocycles. The van der Waals surface area contributed by atoms with E-state index in [0.717, 1.165) is 13.8 Å². The quantitative estimate of drug-likeness (QED) is 0.0202. The first-order valence-corrected chi connectivity index (χ1v) is 32.6. The van der Waals surface area contributed by atoms with Crippen LogP contribution in [0.15, 0.2) is 145 Å². The van der Waals surface area contributed by atoms with Crippen molar-refractivity contribution in [2.75, 3.05) is 26.9 Å². The summed E-state index contributed by atoms with van der Waals surface area (Å²) >= 11 is 6.09. The molecule has 4 N–H and O–H groups in total. The fourth-order valence-electron chi connectivity index (χ4n) is 14.4. The number of unbranched alkanes of at least 4 members (excludes halogenated alkanes) is 1. The molecule has 2 amide bonds. The second-order valence-corrected chi connectivity index (χ2v) is 26.3. The molecule has 10 rings (SSSR count). The first kappa shape index (κ1) is 71.2. The summed E-state index contributed by atoms with van der Waals surface area (Å²) < 4.78 is 49.6. The molecule has 1 aromatic heterocycles. The third-order valence-corrected chi connectivity index (χ3v) is 19.8. The van der Waals surface area contributed by atoms with Crippen LogP contribution in [0.1, 0.15) is 134 Å². The number of hydrogen-bond acceptors (Lipinski definition) is 20. The van der Waals surface area contributed by atoms with Crippen LogP contribution in [0.4, 0.5) is 0 Å². The molecule has 98 heavy (non-hydrogen) atoms. The lowest BCUT2D eigenvalue weighted by atomic mass is 9.44. The van der Waals surface area contributed by atoms with E-state index in [0.29, 0.717) is 51.3 Å². The van der Waals surface area contributed by atoms with Gasteiger partial charge in [-0.2, -0.15) is 0 Å². The molecular weight excluding hydrogens is 1290 g/mol. The van der Waals surface area contributed by atoms with E-state index in [-0.39, 0.29) is 72.3 Å². The van der Waals surface area contributed by atoms with Gasteiger partial charge in [0.2, 0.25) is 12.0 Å². The van der Waals surface area contributed by atoms with Crippen molar-refractivity contribution in [1.82, 2.24) is 15.2 Å². The lowest BCUT2D eigenvalue weighted by Crippen LogP contribution is -2.82.